The van der Waals surface area contributed by atoms with Gasteiger partial charge in [-0.15, -0.1) is 12.4 Å². The van der Waals surface area contributed by atoms with Crippen LogP contribution in [0.5, 0.6) is 0 Å². The van der Waals surface area contributed by atoms with E-state index in [2.05, 4.69) is 51.4 Å². The number of hydrogen-bond donors (Lipinski definition) is 3. The molecule has 1 saturated heterocycles. The lowest BCUT2D eigenvalue weighted by atomic mass is 10.2. The summed E-state index contributed by atoms with van der Waals surface area (Å²) in [5, 5.41) is 14.2. The van der Waals surface area contributed by atoms with Crippen molar-refractivity contribution in [1.29, 1.82) is 0 Å². The second kappa shape index (κ2) is 8.59. The zero-order chi connectivity index (χ0) is 17.9. The van der Waals surface area contributed by atoms with Crippen LogP contribution in [-0.2, 0) is 6.42 Å². The Morgan fingerprint density at radius 1 is 1.26 bits per heavy atom. The van der Waals surface area contributed by atoms with Gasteiger partial charge in [0.2, 0.25) is 5.95 Å². The number of aryl methyl sites for hydroxylation is 1. The van der Waals surface area contributed by atoms with E-state index in [9.17, 15) is 5.11 Å². The molecule has 3 N–H and O–H groups in total. The van der Waals surface area contributed by atoms with Crippen LogP contribution in [0, 0.1) is 0 Å². The van der Waals surface area contributed by atoms with Crippen molar-refractivity contribution in [1.82, 2.24) is 15.0 Å². The van der Waals surface area contributed by atoms with Crippen molar-refractivity contribution in [3.63, 3.8) is 0 Å². The molecule has 4 rings (SSSR count). The molecule has 2 aromatic heterocycles. The van der Waals surface area contributed by atoms with Crippen molar-refractivity contribution in [2.24, 2.45) is 0 Å². The number of fused-ring (bicyclic) bond motifs is 1. The summed E-state index contributed by atoms with van der Waals surface area (Å²) in [7, 11) is 0. The molecule has 1 aliphatic rings. The lowest BCUT2D eigenvalue weighted by Gasteiger charge is -2.25. The molecule has 0 saturated carbocycles. The van der Waals surface area contributed by atoms with Crippen LogP contribution in [-0.4, -0.2) is 39.3 Å². The van der Waals surface area contributed by atoms with E-state index in [-0.39, 0.29) is 25.1 Å². The van der Waals surface area contributed by atoms with E-state index in [1.54, 1.807) is 0 Å². The Bertz CT molecular complexity index is 897. The summed E-state index contributed by atoms with van der Waals surface area (Å²) in [5.74, 6) is 1.52. The number of rotatable bonds is 6. The van der Waals surface area contributed by atoms with E-state index >= 15 is 0 Å². The molecule has 0 spiro atoms. The fourth-order valence-electron chi connectivity index (χ4n) is 3.65. The first-order chi connectivity index (χ1) is 12.8. The standard InChI is InChI=1S/C20H25N5O.ClH/c1-2-4-15-12-19(25-10-3-5-17(25)13-26)24-20(22-15)23-16-7-6-14-8-9-21-18(14)11-16;/h6-9,11-12,17,21,26H,2-5,10,13H2,1H3,(H,22,23,24);1H. The fraction of sp³-hybridized carbons (Fsp3) is 0.400. The molecular weight excluding hydrogens is 362 g/mol. The average molecular weight is 388 g/mol. The van der Waals surface area contributed by atoms with Gasteiger partial charge < -0.3 is 20.3 Å². The molecule has 6 nitrogen and oxygen atoms in total. The zero-order valence-electron chi connectivity index (χ0n) is 15.5. The van der Waals surface area contributed by atoms with E-state index in [1.807, 2.05) is 12.3 Å². The molecule has 1 aromatic carbocycles. The molecule has 1 unspecified atom stereocenters. The quantitative estimate of drug-likeness (QED) is 0.595. The minimum Gasteiger partial charge on any atom is -0.394 e. The van der Waals surface area contributed by atoms with Gasteiger partial charge in [0, 0.05) is 35.7 Å². The number of aliphatic hydroxyl groups excluding tert-OH is 1. The highest BCUT2D eigenvalue weighted by atomic mass is 35.5. The van der Waals surface area contributed by atoms with Crippen LogP contribution in [0.3, 0.4) is 0 Å². The largest absolute Gasteiger partial charge is 0.394 e. The van der Waals surface area contributed by atoms with Crippen molar-refractivity contribution in [2.75, 3.05) is 23.4 Å². The van der Waals surface area contributed by atoms with Crippen LogP contribution >= 0.6 is 12.4 Å². The highest BCUT2D eigenvalue weighted by Crippen LogP contribution is 2.27. The van der Waals surface area contributed by atoms with Crippen LogP contribution in [0.2, 0.25) is 0 Å². The van der Waals surface area contributed by atoms with Gasteiger partial charge in [-0.2, -0.15) is 4.98 Å². The predicted molar refractivity (Wildman–Crippen MR) is 112 cm³/mol. The monoisotopic (exact) mass is 387 g/mol. The summed E-state index contributed by atoms with van der Waals surface area (Å²) >= 11 is 0. The molecule has 1 aliphatic heterocycles. The molecule has 0 aliphatic carbocycles. The number of nitrogens with zero attached hydrogens (tertiary/aromatic N) is 3. The lowest BCUT2D eigenvalue weighted by Crippen LogP contribution is -2.33. The van der Waals surface area contributed by atoms with E-state index < -0.39 is 0 Å². The summed E-state index contributed by atoms with van der Waals surface area (Å²) in [6.07, 6.45) is 5.99. The summed E-state index contributed by atoms with van der Waals surface area (Å²) in [6, 6.07) is 10.5. The summed E-state index contributed by atoms with van der Waals surface area (Å²) in [5.41, 5.74) is 3.07. The van der Waals surface area contributed by atoms with Crippen LogP contribution < -0.4 is 10.2 Å². The van der Waals surface area contributed by atoms with Crippen LogP contribution in [0.4, 0.5) is 17.5 Å². The third kappa shape index (κ3) is 4.17. The second-order valence-electron chi connectivity index (χ2n) is 6.87. The van der Waals surface area contributed by atoms with Gasteiger partial charge in [-0.3, -0.25) is 0 Å². The first kappa shape index (κ1) is 19.5. The summed E-state index contributed by atoms with van der Waals surface area (Å²) < 4.78 is 0. The molecule has 0 bridgehead atoms. The smallest absolute Gasteiger partial charge is 0.229 e. The average Bonchev–Trinajstić information content (AvgIpc) is 3.30. The lowest BCUT2D eigenvalue weighted by molar-refractivity contribution is 0.266. The molecular formula is C20H26ClN5O. The van der Waals surface area contributed by atoms with Gasteiger partial charge in [0.05, 0.1) is 12.6 Å². The van der Waals surface area contributed by atoms with Gasteiger partial charge in [-0.05, 0) is 42.8 Å². The van der Waals surface area contributed by atoms with E-state index in [4.69, 9.17) is 4.98 Å². The Kier molecular flexibility index (Phi) is 6.19. The first-order valence-corrected chi connectivity index (χ1v) is 9.36. The maximum atomic E-state index is 9.65. The molecule has 27 heavy (non-hydrogen) atoms. The van der Waals surface area contributed by atoms with Crippen molar-refractivity contribution in [3.8, 4) is 0 Å². The Labute approximate surface area is 165 Å². The number of halogens is 1. The first-order valence-electron chi connectivity index (χ1n) is 9.36. The fourth-order valence-corrected chi connectivity index (χ4v) is 3.65. The number of nitrogens with one attached hydrogen (secondary N) is 2. The zero-order valence-corrected chi connectivity index (χ0v) is 16.3. The van der Waals surface area contributed by atoms with Gasteiger partial charge >= 0.3 is 0 Å². The van der Waals surface area contributed by atoms with Crippen LogP contribution in [0.15, 0.2) is 36.5 Å². The van der Waals surface area contributed by atoms with E-state index in [0.717, 1.165) is 54.9 Å². The molecule has 1 atom stereocenters. The molecule has 144 valence electrons. The Morgan fingerprint density at radius 3 is 2.96 bits per heavy atom. The van der Waals surface area contributed by atoms with Crippen molar-refractivity contribution in [3.05, 3.63) is 42.2 Å². The van der Waals surface area contributed by atoms with Crippen LogP contribution in [0.1, 0.15) is 31.9 Å². The Hall–Kier alpha value is -2.31. The highest BCUT2D eigenvalue weighted by Gasteiger charge is 2.25. The number of hydrogen-bond acceptors (Lipinski definition) is 5. The molecule has 7 heteroatoms. The van der Waals surface area contributed by atoms with Gasteiger partial charge in [-0.1, -0.05) is 19.4 Å². The number of aliphatic hydroxyl groups is 1. The normalized spacial score (nSPS) is 16.5. The molecule has 0 radical (unpaired) electrons. The number of aromatic amines is 1. The third-order valence-corrected chi connectivity index (χ3v) is 4.97. The van der Waals surface area contributed by atoms with Gasteiger partial charge in [-0.25, -0.2) is 4.98 Å². The number of anilines is 3. The van der Waals surface area contributed by atoms with E-state index in [1.165, 1.54) is 5.39 Å². The SMILES string of the molecule is CCCc1cc(N2CCCC2CO)nc(Nc2ccc3cc[nH]c3c2)n1.Cl. The van der Waals surface area contributed by atoms with Crippen LogP contribution in [0.25, 0.3) is 10.9 Å². The topological polar surface area (TPSA) is 77.1 Å². The second-order valence-corrected chi connectivity index (χ2v) is 6.87. The summed E-state index contributed by atoms with van der Waals surface area (Å²) in [4.78, 5) is 14.9. The Balaban J connectivity index is 0.00000210. The number of benzene rings is 1. The summed E-state index contributed by atoms with van der Waals surface area (Å²) in [6.45, 7) is 3.25. The van der Waals surface area contributed by atoms with E-state index in [0.29, 0.717) is 5.95 Å². The molecule has 3 heterocycles. The maximum absolute atomic E-state index is 9.65. The van der Waals surface area contributed by atoms with Crippen molar-refractivity contribution < 1.29 is 5.11 Å². The predicted octanol–water partition coefficient (Wildman–Crippen LogP) is 4.04. The highest BCUT2D eigenvalue weighted by molar-refractivity contribution is 5.85. The number of aromatic nitrogens is 3. The van der Waals surface area contributed by atoms with Gasteiger partial charge in [0.1, 0.15) is 5.82 Å². The third-order valence-electron chi connectivity index (χ3n) is 4.97. The molecule has 0 amide bonds. The maximum Gasteiger partial charge on any atom is 0.229 e. The minimum absolute atomic E-state index is 0. The number of H-pyrrole nitrogens is 1. The van der Waals surface area contributed by atoms with Crippen molar-refractivity contribution >= 4 is 40.8 Å². The Morgan fingerprint density at radius 2 is 2.15 bits per heavy atom. The molecule has 1 fully saturated rings. The van der Waals surface area contributed by atoms with Gasteiger partial charge in [0.25, 0.3) is 0 Å². The van der Waals surface area contributed by atoms with Crippen molar-refractivity contribution in [2.45, 2.75) is 38.6 Å². The minimum atomic E-state index is 0. The van der Waals surface area contributed by atoms with Gasteiger partial charge in [0.15, 0.2) is 0 Å². The molecule has 3 aromatic rings.